The Bertz CT molecular complexity index is 288. The van der Waals surface area contributed by atoms with Crippen molar-refractivity contribution in [2.75, 3.05) is 33.2 Å². The number of rotatable bonds is 1. The van der Waals surface area contributed by atoms with Crippen molar-refractivity contribution in [3.63, 3.8) is 0 Å². The van der Waals surface area contributed by atoms with Gasteiger partial charge in [-0.3, -0.25) is 4.79 Å². The molecular weight excluding hydrogens is 200 g/mol. The largest absolute Gasteiger partial charge is 0.593 e. The molecule has 15 heavy (non-hydrogen) atoms. The van der Waals surface area contributed by atoms with Gasteiger partial charge in [-0.1, -0.05) is 4.94 Å². The number of carbonyl (C=O) groups is 1. The Hall–Kier alpha value is -1.15. The number of piperazine rings is 1. The molecule has 0 saturated carbocycles. The van der Waals surface area contributed by atoms with Crippen molar-refractivity contribution in [3.05, 3.63) is 17.1 Å². The Labute approximate surface area is 87.4 Å². The second-order valence-electron chi connectivity index (χ2n) is 3.48. The third-order valence-corrected chi connectivity index (χ3v) is 2.44. The molecule has 0 bridgehead atoms. The molecule has 1 saturated heterocycles. The van der Waals surface area contributed by atoms with Gasteiger partial charge < -0.3 is 15.4 Å². The van der Waals surface area contributed by atoms with Gasteiger partial charge in [0.05, 0.1) is 0 Å². The molecule has 7 nitrogen and oxygen atoms in total. The molecule has 0 aromatic heterocycles. The smallest absolute Gasteiger partial charge is 0.278 e. The van der Waals surface area contributed by atoms with Crippen molar-refractivity contribution in [3.8, 4) is 0 Å². The average molecular weight is 214 g/mol. The molecule has 0 aromatic rings. The number of likely N-dealkylation sites (N-methyl/N-ethyl adjacent to an activating group) is 1. The number of nitrogens with one attached hydrogen (secondary N) is 2. The first kappa shape index (κ1) is 10.4. The molecule has 0 spiro atoms. The molecule has 2 rings (SSSR count). The van der Waals surface area contributed by atoms with Crippen molar-refractivity contribution in [2.24, 2.45) is 0 Å². The van der Waals surface area contributed by atoms with Gasteiger partial charge in [0.25, 0.3) is 5.91 Å². The van der Waals surface area contributed by atoms with E-state index < -0.39 is 5.23 Å². The van der Waals surface area contributed by atoms with Crippen LogP contribution in [0.4, 0.5) is 0 Å². The molecular formula is C8H14N4O3. The van der Waals surface area contributed by atoms with Crippen LogP contribution in [0, 0.1) is 5.21 Å². The standard InChI is InChI=1S/C8H14N4O3/c1-10-7(6-12(14)15-10)8(13)11-4-2-9-3-5-11/h6,9,12H,2-5H2,1H3. The number of nitrogens with zero attached hydrogens (tertiary/aromatic N) is 2. The Morgan fingerprint density at radius 1 is 1.60 bits per heavy atom. The SMILES string of the molecule is CN1O[NH+]([O-])C=C1C(=O)N1CCNCC1. The quantitative estimate of drug-likeness (QED) is 0.470. The van der Waals surface area contributed by atoms with Gasteiger partial charge in [0, 0.05) is 33.2 Å². The number of hydroxylamine groups is 4. The fourth-order valence-electron chi connectivity index (χ4n) is 1.64. The van der Waals surface area contributed by atoms with Crippen molar-refractivity contribution >= 4 is 5.91 Å². The predicted molar refractivity (Wildman–Crippen MR) is 50.7 cm³/mol. The summed E-state index contributed by atoms with van der Waals surface area (Å²) in [6, 6.07) is 0. The van der Waals surface area contributed by atoms with Crippen molar-refractivity contribution < 1.29 is 15.0 Å². The van der Waals surface area contributed by atoms with Gasteiger partial charge in [-0.05, 0) is 0 Å². The predicted octanol–water partition coefficient (Wildman–Crippen LogP) is -2.57. The minimum Gasteiger partial charge on any atom is -0.593 e. The number of hydrogen-bond donors (Lipinski definition) is 2. The summed E-state index contributed by atoms with van der Waals surface area (Å²) in [5.41, 5.74) is 0.307. The van der Waals surface area contributed by atoms with Gasteiger partial charge >= 0.3 is 0 Å². The van der Waals surface area contributed by atoms with E-state index in [-0.39, 0.29) is 5.91 Å². The normalized spacial score (nSPS) is 26.8. The number of carbonyl (C=O) groups excluding carboxylic acids is 1. The fraction of sp³-hybridized carbons (Fsp3) is 0.625. The van der Waals surface area contributed by atoms with Gasteiger partial charge in [0.15, 0.2) is 11.9 Å². The van der Waals surface area contributed by atoms with E-state index in [1.165, 1.54) is 11.3 Å². The van der Waals surface area contributed by atoms with E-state index in [2.05, 4.69) is 5.32 Å². The van der Waals surface area contributed by atoms with Crippen LogP contribution >= 0.6 is 0 Å². The lowest BCUT2D eigenvalue weighted by atomic mass is 10.3. The second kappa shape index (κ2) is 4.15. The first-order valence-electron chi connectivity index (χ1n) is 4.86. The van der Waals surface area contributed by atoms with E-state index in [1.807, 2.05) is 0 Å². The van der Waals surface area contributed by atoms with E-state index >= 15 is 0 Å². The maximum atomic E-state index is 11.9. The van der Waals surface area contributed by atoms with Gasteiger partial charge in [0.2, 0.25) is 0 Å². The van der Waals surface area contributed by atoms with Crippen molar-refractivity contribution in [1.29, 1.82) is 0 Å². The minimum absolute atomic E-state index is 0.148. The molecule has 1 atom stereocenters. The molecule has 2 aliphatic rings. The monoisotopic (exact) mass is 214 g/mol. The van der Waals surface area contributed by atoms with Crippen LogP contribution in [0.15, 0.2) is 11.9 Å². The number of quaternary nitrogens is 1. The Balaban J connectivity index is 2.03. The lowest BCUT2D eigenvalue weighted by Gasteiger charge is -2.27. The maximum Gasteiger partial charge on any atom is 0.278 e. The summed E-state index contributed by atoms with van der Waals surface area (Å²) >= 11 is 0. The number of hydrogen-bond acceptors (Lipinski definition) is 5. The molecule has 2 heterocycles. The summed E-state index contributed by atoms with van der Waals surface area (Å²) < 4.78 is 0. The highest BCUT2D eigenvalue weighted by Crippen LogP contribution is 2.08. The van der Waals surface area contributed by atoms with Crippen LogP contribution < -0.4 is 10.5 Å². The third kappa shape index (κ3) is 2.10. The first-order chi connectivity index (χ1) is 7.18. The van der Waals surface area contributed by atoms with Gasteiger partial charge in [-0.2, -0.15) is 10.3 Å². The average Bonchev–Trinajstić information content (AvgIpc) is 2.58. The lowest BCUT2D eigenvalue weighted by Crippen LogP contribution is -3.00. The molecule has 84 valence electrons. The highest BCUT2D eigenvalue weighted by Gasteiger charge is 2.30. The van der Waals surface area contributed by atoms with Crippen LogP contribution in [-0.2, 0) is 9.73 Å². The summed E-state index contributed by atoms with van der Waals surface area (Å²) in [6.45, 7) is 2.91. The van der Waals surface area contributed by atoms with Crippen LogP contribution in [-0.4, -0.2) is 49.1 Å². The van der Waals surface area contributed by atoms with Crippen LogP contribution in [0.1, 0.15) is 0 Å². The topological polar surface area (TPSA) is 72.3 Å². The van der Waals surface area contributed by atoms with E-state index in [0.29, 0.717) is 18.8 Å². The summed E-state index contributed by atoms with van der Waals surface area (Å²) in [7, 11) is 1.55. The third-order valence-electron chi connectivity index (χ3n) is 2.44. The molecule has 0 radical (unpaired) electrons. The van der Waals surface area contributed by atoms with E-state index in [4.69, 9.17) is 4.94 Å². The van der Waals surface area contributed by atoms with Crippen molar-refractivity contribution in [2.45, 2.75) is 0 Å². The zero-order valence-electron chi connectivity index (χ0n) is 8.52. The lowest BCUT2D eigenvalue weighted by molar-refractivity contribution is -1.03. The van der Waals surface area contributed by atoms with E-state index in [1.54, 1.807) is 11.9 Å². The number of amides is 1. The first-order valence-corrected chi connectivity index (χ1v) is 4.86. The van der Waals surface area contributed by atoms with Gasteiger partial charge in [0.1, 0.15) is 0 Å². The molecule has 2 N–H and O–H groups in total. The zero-order chi connectivity index (χ0) is 10.8. The summed E-state index contributed by atoms with van der Waals surface area (Å²) in [5.74, 6) is -0.148. The molecule has 1 amide bonds. The summed E-state index contributed by atoms with van der Waals surface area (Å²) in [6.07, 6.45) is 1.23. The van der Waals surface area contributed by atoms with Gasteiger partial charge in [-0.15, -0.1) is 0 Å². The maximum absolute atomic E-state index is 11.9. The zero-order valence-corrected chi connectivity index (χ0v) is 8.52. The van der Waals surface area contributed by atoms with E-state index in [0.717, 1.165) is 13.1 Å². The van der Waals surface area contributed by atoms with E-state index in [9.17, 15) is 10.0 Å². The molecule has 7 heteroatoms. The summed E-state index contributed by atoms with van der Waals surface area (Å²) in [5, 5.41) is 14.8. The van der Waals surface area contributed by atoms with Crippen molar-refractivity contribution in [1.82, 2.24) is 15.3 Å². The van der Waals surface area contributed by atoms with Crippen LogP contribution in [0.3, 0.4) is 0 Å². The highest BCUT2D eigenvalue weighted by molar-refractivity contribution is 5.92. The van der Waals surface area contributed by atoms with Crippen LogP contribution in [0.5, 0.6) is 0 Å². The fourth-order valence-corrected chi connectivity index (χ4v) is 1.64. The Morgan fingerprint density at radius 3 is 2.80 bits per heavy atom. The molecule has 1 fully saturated rings. The Kier molecular flexibility index (Phi) is 2.87. The summed E-state index contributed by atoms with van der Waals surface area (Å²) in [4.78, 5) is 18.3. The highest BCUT2D eigenvalue weighted by atomic mass is 17.0. The second-order valence-corrected chi connectivity index (χ2v) is 3.48. The van der Waals surface area contributed by atoms with Gasteiger partial charge in [-0.25, -0.2) is 0 Å². The minimum atomic E-state index is -0.490. The molecule has 0 aromatic carbocycles. The Morgan fingerprint density at radius 2 is 2.27 bits per heavy atom. The van der Waals surface area contributed by atoms with Crippen LogP contribution in [0.25, 0.3) is 0 Å². The van der Waals surface area contributed by atoms with Crippen LogP contribution in [0.2, 0.25) is 0 Å². The molecule has 1 unspecified atom stereocenters. The molecule has 2 aliphatic heterocycles. The molecule has 0 aliphatic carbocycles.